The average Bonchev–Trinajstić information content (AvgIpc) is 2.44. The van der Waals surface area contributed by atoms with Crippen LogP contribution in [0.3, 0.4) is 0 Å². The molecule has 0 aromatic heterocycles. The highest BCUT2D eigenvalue weighted by atomic mass is 35.5. The van der Waals surface area contributed by atoms with E-state index in [1.54, 1.807) is 12.1 Å². The summed E-state index contributed by atoms with van der Waals surface area (Å²) in [4.78, 5) is 10.7. The Labute approximate surface area is 125 Å². The molecule has 0 aliphatic heterocycles. The maximum Gasteiger partial charge on any atom is 0.294 e. The number of halogens is 3. The number of rotatable bonds is 4. The molecule has 2 aromatic rings. The van der Waals surface area contributed by atoms with Crippen LogP contribution in [0.15, 0.2) is 42.5 Å². The van der Waals surface area contributed by atoms with Crippen LogP contribution in [0.2, 0.25) is 15.1 Å². The number of hydrogen-bond donors (Lipinski definition) is 0. The Morgan fingerprint density at radius 2 is 1.63 bits per heavy atom. The Morgan fingerprint density at radius 1 is 0.947 bits per heavy atom. The molecule has 0 fully saturated rings. The van der Waals surface area contributed by atoms with Gasteiger partial charge in [-0.25, -0.2) is 0 Å². The topological polar surface area (TPSA) is 26.3 Å². The highest BCUT2D eigenvalue weighted by Gasteiger charge is 2.20. The van der Waals surface area contributed by atoms with Crippen LogP contribution in [-0.4, -0.2) is 6.47 Å². The molecule has 5 heteroatoms. The first-order valence-electron chi connectivity index (χ1n) is 5.42. The maximum atomic E-state index is 10.7. The lowest BCUT2D eigenvalue weighted by molar-refractivity contribution is -0.132. The Balaban J connectivity index is 2.51. The lowest BCUT2D eigenvalue weighted by Gasteiger charge is -2.18. The summed E-state index contributed by atoms with van der Waals surface area (Å²) in [6, 6.07) is 12.6. The van der Waals surface area contributed by atoms with Gasteiger partial charge >= 0.3 is 0 Å². The number of carbonyl (C=O) groups excluding carboxylic acids is 1. The van der Waals surface area contributed by atoms with Gasteiger partial charge in [0, 0.05) is 5.56 Å². The van der Waals surface area contributed by atoms with E-state index in [-0.39, 0.29) is 10.0 Å². The molecule has 0 saturated heterocycles. The molecule has 0 heterocycles. The van der Waals surface area contributed by atoms with Crippen LogP contribution >= 0.6 is 34.8 Å². The molecule has 0 N–H and O–H groups in total. The van der Waals surface area contributed by atoms with Gasteiger partial charge in [-0.15, -0.1) is 0 Å². The summed E-state index contributed by atoms with van der Waals surface area (Å²) >= 11 is 18.1. The Kier molecular flexibility index (Phi) is 4.70. The van der Waals surface area contributed by atoms with Crippen LogP contribution in [0.1, 0.15) is 17.2 Å². The van der Waals surface area contributed by atoms with Gasteiger partial charge in [0.25, 0.3) is 6.47 Å². The number of hydrogen-bond acceptors (Lipinski definition) is 2. The third-order valence-corrected chi connectivity index (χ3v) is 3.95. The van der Waals surface area contributed by atoms with E-state index in [1.165, 1.54) is 0 Å². The van der Waals surface area contributed by atoms with Crippen molar-refractivity contribution < 1.29 is 9.53 Å². The van der Waals surface area contributed by atoms with Gasteiger partial charge in [0.05, 0.1) is 15.1 Å². The third kappa shape index (κ3) is 3.03. The van der Waals surface area contributed by atoms with Gasteiger partial charge < -0.3 is 4.74 Å². The second kappa shape index (κ2) is 6.29. The lowest BCUT2D eigenvalue weighted by atomic mass is 10.0. The summed E-state index contributed by atoms with van der Waals surface area (Å²) in [5.74, 6) is 0. The van der Waals surface area contributed by atoms with Crippen LogP contribution in [0.4, 0.5) is 0 Å². The van der Waals surface area contributed by atoms with Gasteiger partial charge in [0.1, 0.15) is 0 Å². The molecular formula is C14H9Cl3O2. The maximum absolute atomic E-state index is 10.7. The summed E-state index contributed by atoms with van der Waals surface area (Å²) in [6.45, 7) is 0.385. The number of benzene rings is 2. The van der Waals surface area contributed by atoms with Crippen molar-refractivity contribution >= 4 is 41.3 Å². The van der Waals surface area contributed by atoms with Crippen molar-refractivity contribution in [2.45, 2.75) is 6.10 Å². The van der Waals surface area contributed by atoms with Gasteiger partial charge in [-0.2, -0.15) is 0 Å². The molecule has 0 spiro atoms. The van der Waals surface area contributed by atoms with E-state index < -0.39 is 6.10 Å². The van der Waals surface area contributed by atoms with Crippen molar-refractivity contribution in [2.75, 3.05) is 0 Å². The zero-order valence-corrected chi connectivity index (χ0v) is 11.9. The summed E-state index contributed by atoms with van der Waals surface area (Å²) in [5.41, 5.74) is 1.39. The molecule has 19 heavy (non-hydrogen) atoms. The quantitative estimate of drug-likeness (QED) is 0.592. The van der Waals surface area contributed by atoms with Gasteiger partial charge in [-0.1, -0.05) is 71.2 Å². The fraction of sp³-hybridized carbons (Fsp3) is 0.0714. The van der Waals surface area contributed by atoms with E-state index in [1.807, 2.05) is 30.3 Å². The smallest absolute Gasteiger partial charge is 0.294 e. The summed E-state index contributed by atoms with van der Waals surface area (Å²) in [6.07, 6.45) is -0.610. The van der Waals surface area contributed by atoms with E-state index in [9.17, 15) is 4.79 Å². The molecule has 0 bridgehead atoms. The van der Waals surface area contributed by atoms with Gasteiger partial charge in [0.15, 0.2) is 6.10 Å². The molecule has 98 valence electrons. The Bertz CT molecular complexity index is 585. The molecule has 0 saturated carbocycles. The zero-order chi connectivity index (χ0) is 13.8. The van der Waals surface area contributed by atoms with E-state index >= 15 is 0 Å². The fourth-order valence-electron chi connectivity index (χ4n) is 1.76. The molecule has 2 aromatic carbocycles. The minimum absolute atomic E-state index is 0.247. The standard InChI is InChI=1S/C14H9Cl3O2/c15-11-7-6-10(12(16)13(11)17)14(19-8-18)9-4-2-1-3-5-9/h1-8,14H. The summed E-state index contributed by atoms with van der Waals surface area (Å²) in [5, 5.41) is 0.884. The molecular weight excluding hydrogens is 307 g/mol. The van der Waals surface area contributed by atoms with Crippen molar-refractivity contribution in [2.24, 2.45) is 0 Å². The predicted octanol–water partition coefficient (Wildman–Crippen LogP) is 4.91. The average molecular weight is 316 g/mol. The van der Waals surface area contributed by atoms with Crippen LogP contribution < -0.4 is 0 Å². The summed E-state index contributed by atoms with van der Waals surface area (Å²) in [7, 11) is 0. The van der Waals surface area contributed by atoms with Crippen LogP contribution in [-0.2, 0) is 9.53 Å². The summed E-state index contributed by atoms with van der Waals surface area (Å²) < 4.78 is 5.12. The second-order valence-electron chi connectivity index (χ2n) is 3.79. The molecule has 0 radical (unpaired) electrons. The van der Waals surface area contributed by atoms with Crippen LogP contribution in [0.5, 0.6) is 0 Å². The first-order valence-corrected chi connectivity index (χ1v) is 6.56. The Hall–Kier alpha value is -1.22. The van der Waals surface area contributed by atoms with Crippen molar-refractivity contribution in [3.8, 4) is 0 Å². The predicted molar refractivity (Wildman–Crippen MR) is 76.9 cm³/mol. The van der Waals surface area contributed by atoms with E-state index in [4.69, 9.17) is 39.5 Å². The van der Waals surface area contributed by atoms with Crippen LogP contribution in [0, 0.1) is 0 Å². The molecule has 1 atom stereocenters. The van der Waals surface area contributed by atoms with Crippen molar-refractivity contribution in [1.29, 1.82) is 0 Å². The van der Waals surface area contributed by atoms with Crippen molar-refractivity contribution in [3.05, 3.63) is 68.7 Å². The minimum atomic E-state index is -0.610. The molecule has 2 nitrogen and oxygen atoms in total. The van der Waals surface area contributed by atoms with Crippen molar-refractivity contribution in [1.82, 2.24) is 0 Å². The molecule has 0 aliphatic carbocycles. The third-order valence-electron chi connectivity index (χ3n) is 2.64. The minimum Gasteiger partial charge on any atom is -0.455 e. The van der Waals surface area contributed by atoms with Crippen LogP contribution in [0.25, 0.3) is 0 Å². The molecule has 0 aliphatic rings. The number of ether oxygens (including phenoxy) is 1. The molecule has 0 amide bonds. The van der Waals surface area contributed by atoms with Gasteiger partial charge in [-0.3, -0.25) is 4.79 Å². The van der Waals surface area contributed by atoms with Gasteiger partial charge in [0.2, 0.25) is 0 Å². The van der Waals surface area contributed by atoms with Gasteiger partial charge in [-0.05, 0) is 11.6 Å². The highest BCUT2D eigenvalue weighted by molar-refractivity contribution is 6.48. The second-order valence-corrected chi connectivity index (χ2v) is 4.95. The number of carbonyl (C=O) groups is 1. The molecule has 2 rings (SSSR count). The fourth-order valence-corrected chi connectivity index (χ4v) is 2.40. The van der Waals surface area contributed by atoms with E-state index in [2.05, 4.69) is 0 Å². The largest absolute Gasteiger partial charge is 0.455 e. The molecule has 1 unspecified atom stereocenters. The van der Waals surface area contributed by atoms with E-state index in [0.717, 1.165) is 5.56 Å². The highest BCUT2D eigenvalue weighted by Crippen LogP contribution is 2.38. The zero-order valence-electron chi connectivity index (χ0n) is 9.65. The first-order chi connectivity index (χ1) is 9.15. The van der Waals surface area contributed by atoms with Crippen molar-refractivity contribution in [3.63, 3.8) is 0 Å². The monoisotopic (exact) mass is 314 g/mol. The normalized spacial score (nSPS) is 11.9. The van der Waals surface area contributed by atoms with E-state index in [0.29, 0.717) is 17.1 Å². The Morgan fingerprint density at radius 3 is 2.26 bits per heavy atom. The SMILES string of the molecule is O=COC(c1ccccc1)c1ccc(Cl)c(Cl)c1Cl. The lowest BCUT2D eigenvalue weighted by Crippen LogP contribution is -2.06. The first kappa shape index (κ1) is 14.2.